The van der Waals surface area contributed by atoms with Gasteiger partial charge in [-0.1, -0.05) is 0 Å². The van der Waals surface area contributed by atoms with Gasteiger partial charge in [-0.15, -0.1) is 0 Å². The molecule has 4 heteroatoms. The summed E-state index contributed by atoms with van der Waals surface area (Å²) in [6, 6.07) is 6.00. The Kier molecular flexibility index (Phi) is 3.90. The van der Waals surface area contributed by atoms with Crippen LogP contribution >= 0.6 is 0 Å². The van der Waals surface area contributed by atoms with Gasteiger partial charge in [0.1, 0.15) is 5.75 Å². The summed E-state index contributed by atoms with van der Waals surface area (Å²) in [4.78, 5) is 4.79. The molecule has 0 aromatic heterocycles. The lowest BCUT2D eigenvalue weighted by Crippen LogP contribution is -2.57. The molecule has 19 heavy (non-hydrogen) atoms. The van der Waals surface area contributed by atoms with E-state index in [9.17, 15) is 0 Å². The second-order valence-electron chi connectivity index (χ2n) is 5.85. The van der Waals surface area contributed by atoms with Gasteiger partial charge in [0.05, 0.1) is 6.61 Å². The molecule has 0 saturated carbocycles. The van der Waals surface area contributed by atoms with Crippen LogP contribution in [0.4, 0.5) is 11.4 Å². The van der Waals surface area contributed by atoms with Gasteiger partial charge in [-0.2, -0.15) is 0 Å². The van der Waals surface area contributed by atoms with E-state index < -0.39 is 0 Å². The molecule has 1 fully saturated rings. The first-order valence-corrected chi connectivity index (χ1v) is 6.92. The van der Waals surface area contributed by atoms with Crippen molar-refractivity contribution in [3.8, 4) is 5.75 Å². The normalized spacial score (nSPS) is 19.5. The highest BCUT2D eigenvalue weighted by Gasteiger charge is 2.31. The maximum Gasteiger partial charge on any atom is 0.123 e. The molecule has 1 aliphatic heterocycles. The van der Waals surface area contributed by atoms with E-state index in [1.54, 1.807) is 0 Å². The third kappa shape index (κ3) is 3.13. The molecule has 2 rings (SSSR count). The highest BCUT2D eigenvalue weighted by atomic mass is 16.5. The number of nitrogens with two attached hydrogens (primary N) is 1. The Morgan fingerprint density at radius 1 is 1.26 bits per heavy atom. The number of nitrogens with zero attached hydrogens (tertiary/aromatic N) is 2. The lowest BCUT2D eigenvalue weighted by molar-refractivity contribution is 0.139. The van der Waals surface area contributed by atoms with E-state index in [0.717, 1.165) is 36.8 Å². The van der Waals surface area contributed by atoms with Gasteiger partial charge >= 0.3 is 0 Å². The second kappa shape index (κ2) is 5.29. The molecular weight excluding hydrogens is 238 g/mol. The summed E-state index contributed by atoms with van der Waals surface area (Å²) in [5.41, 5.74) is 8.07. The molecule has 1 heterocycles. The molecule has 0 bridgehead atoms. The minimum Gasteiger partial charge on any atom is -0.494 e. The largest absolute Gasteiger partial charge is 0.494 e. The van der Waals surface area contributed by atoms with Crippen molar-refractivity contribution in [2.45, 2.75) is 26.3 Å². The summed E-state index contributed by atoms with van der Waals surface area (Å²) < 4.78 is 5.57. The summed E-state index contributed by atoms with van der Waals surface area (Å²) in [6.45, 7) is 10.3. The highest BCUT2D eigenvalue weighted by molar-refractivity contribution is 5.61. The number of ether oxygens (including phenoxy) is 1. The fourth-order valence-corrected chi connectivity index (χ4v) is 2.50. The average Bonchev–Trinajstić information content (AvgIpc) is 2.32. The average molecular weight is 263 g/mol. The standard InChI is InChI=1S/C15H25N3O/c1-5-19-14-9-12(16)8-13(10-14)18-7-6-17(4)15(2,3)11-18/h8-10H,5-7,11,16H2,1-4H3. The van der Waals surface area contributed by atoms with Gasteiger partial charge in [0.25, 0.3) is 0 Å². The van der Waals surface area contributed by atoms with Crippen LogP contribution in [0.2, 0.25) is 0 Å². The number of rotatable bonds is 3. The quantitative estimate of drug-likeness (QED) is 0.849. The molecule has 1 saturated heterocycles. The monoisotopic (exact) mass is 263 g/mol. The molecule has 0 atom stereocenters. The van der Waals surface area contributed by atoms with Gasteiger partial charge < -0.3 is 15.4 Å². The number of nitrogen functional groups attached to an aromatic ring is 1. The Balaban J connectivity index is 2.22. The first-order valence-electron chi connectivity index (χ1n) is 6.92. The molecule has 106 valence electrons. The van der Waals surface area contributed by atoms with Gasteiger partial charge in [-0.25, -0.2) is 0 Å². The number of piperazine rings is 1. The number of likely N-dealkylation sites (N-methyl/N-ethyl adjacent to an activating group) is 1. The summed E-state index contributed by atoms with van der Waals surface area (Å²) >= 11 is 0. The van der Waals surface area contributed by atoms with Crippen LogP contribution in [0, 0.1) is 0 Å². The minimum atomic E-state index is 0.175. The Morgan fingerprint density at radius 2 is 2.00 bits per heavy atom. The van der Waals surface area contributed by atoms with E-state index >= 15 is 0 Å². The molecule has 1 aromatic carbocycles. The zero-order valence-electron chi connectivity index (χ0n) is 12.4. The molecule has 0 aliphatic carbocycles. The van der Waals surface area contributed by atoms with Crippen molar-refractivity contribution in [2.24, 2.45) is 0 Å². The fourth-order valence-electron chi connectivity index (χ4n) is 2.50. The van der Waals surface area contributed by atoms with Gasteiger partial charge in [0.2, 0.25) is 0 Å². The lowest BCUT2D eigenvalue weighted by Gasteiger charge is -2.46. The predicted molar refractivity (Wildman–Crippen MR) is 80.9 cm³/mol. The van der Waals surface area contributed by atoms with Crippen LogP contribution in [-0.4, -0.2) is 43.7 Å². The van der Waals surface area contributed by atoms with Crippen molar-refractivity contribution in [3.05, 3.63) is 18.2 Å². The van der Waals surface area contributed by atoms with Crippen LogP contribution in [0.1, 0.15) is 20.8 Å². The van der Waals surface area contributed by atoms with Gasteiger partial charge in [0, 0.05) is 48.7 Å². The third-order valence-corrected chi connectivity index (χ3v) is 3.91. The van der Waals surface area contributed by atoms with Crippen molar-refractivity contribution < 1.29 is 4.74 Å². The Bertz CT molecular complexity index is 445. The number of hydrogen-bond acceptors (Lipinski definition) is 4. The second-order valence-corrected chi connectivity index (χ2v) is 5.85. The van der Waals surface area contributed by atoms with E-state index in [4.69, 9.17) is 10.5 Å². The van der Waals surface area contributed by atoms with Crippen LogP contribution in [-0.2, 0) is 0 Å². The van der Waals surface area contributed by atoms with Crippen LogP contribution in [0.25, 0.3) is 0 Å². The summed E-state index contributed by atoms with van der Waals surface area (Å²) in [7, 11) is 2.18. The molecule has 1 aromatic rings. The van der Waals surface area contributed by atoms with Gasteiger partial charge in [0.15, 0.2) is 0 Å². The number of benzene rings is 1. The third-order valence-electron chi connectivity index (χ3n) is 3.91. The Morgan fingerprint density at radius 3 is 2.63 bits per heavy atom. The predicted octanol–water partition coefficient (Wildman–Crippen LogP) is 2.20. The van der Waals surface area contributed by atoms with E-state index in [2.05, 4.69) is 36.8 Å². The zero-order valence-corrected chi connectivity index (χ0v) is 12.4. The van der Waals surface area contributed by atoms with Crippen LogP contribution in [0.15, 0.2) is 18.2 Å². The molecule has 0 radical (unpaired) electrons. The molecular formula is C15H25N3O. The Labute approximate surface area is 116 Å². The van der Waals surface area contributed by atoms with Crippen LogP contribution in [0.5, 0.6) is 5.75 Å². The smallest absolute Gasteiger partial charge is 0.123 e. The van der Waals surface area contributed by atoms with Crippen molar-refractivity contribution in [3.63, 3.8) is 0 Å². The van der Waals surface area contributed by atoms with E-state index in [-0.39, 0.29) is 5.54 Å². The minimum absolute atomic E-state index is 0.175. The lowest BCUT2D eigenvalue weighted by atomic mass is 9.99. The molecule has 1 aliphatic rings. The molecule has 0 amide bonds. The summed E-state index contributed by atoms with van der Waals surface area (Å²) in [6.07, 6.45) is 0. The number of anilines is 2. The van der Waals surface area contributed by atoms with Gasteiger partial charge in [-0.3, -0.25) is 4.90 Å². The first kappa shape index (κ1) is 14.0. The van der Waals surface area contributed by atoms with Crippen molar-refractivity contribution in [1.29, 1.82) is 0 Å². The zero-order chi connectivity index (χ0) is 14.0. The maximum atomic E-state index is 5.97. The summed E-state index contributed by atoms with van der Waals surface area (Å²) in [5.74, 6) is 0.856. The topological polar surface area (TPSA) is 41.7 Å². The maximum absolute atomic E-state index is 5.97. The van der Waals surface area contributed by atoms with Crippen LogP contribution < -0.4 is 15.4 Å². The molecule has 0 spiro atoms. The SMILES string of the molecule is CCOc1cc(N)cc(N2CCN(C)C(C)(C)C2)c1. The number of hydrogen-bond donors (Lipinski definition) is 1. The van der Waals surface area contributed by atoms with E-state index in [0.29, 0.717) is 6.61 Å². The molecule has 0 unspecified atom stereocenters. The van der Waals surface area contributed by atoms with Crippen LogP contribution in [0.3, 0.4) is 0 Å². The van der Waals surface area contributed by atoms with E-state index in [1.807, 2.05) is 19.1 Å². The molecule has 4 nitrogen and oxygen atoms in total. The first-order chi connectivity index (χ1) is 8.92. The van der Waals surface area contributed by atoms with Crippen molar-refractivity contribution in [2.75, 3.05) is 43.9 Å². The summed E-state index contributed by atoms with van der Waals surface area (Å²) in [5, 5.41) is 0. The van der Waals surface area contributed by atoms with Crippen molar-refractivity contribution >= 4 is 11.4 Å². The van der Waals surface area contributed by atoms with Crippen molar-refractivity contribution in [1.82, 2.24) is 4.90 Å². The molecule has 2 N–H and O–H groups in total. The Hall–Kier alpha value is -1.42. The highest BCUT2D eigenvalue weighted by Crippen LogP contribution is 2.29. The fraction of sp³-hybridized carbons (Fsp3) is 0.600. The van der Waals surface area contributed by atoms with Gasteiger partial charge in [-0.05, 0) is 33.9 Å². The van der Waals surface area contributed by atoms with E-state index in [1.165, 1.54) is 0 Å².